The standard InChI is InChI=1S/C12H10BrNO2S/c1-7-2-10-11(16-6-15-10)3-8(7)9-5-17-12(4-13)14-9/h2-3,5H,4,6H2,1H3. The van der Waals surface area contributed by atoms with Crippen LogP contribution in [-0.4, -0.2) is 11.8 Å². The second-order valence-corrected chi connectivity index (χ2v) is 5.28. The highest BCUT2D eigenvalue weighted by molar-refractivity contribution is 9.08. The number of halogens is 1. The summed E-state index contributed by atoms with van der Waals surface area (Å²) in [6, 6.07) is 4.01. The molecule has 88 valence electrons. The summed E-state index contributed by atoms with van der Waals surface area (Å²) in [5, 5.41) is 3.94. The first-order valence-electron chi connectivity index (χ1n) is 5.19. The molecule has 1 aliphatic heterocycles. The molecular weight excluding hydrogens is 302 g/mol. The van der Waals surface area contributed by atoms with Crippen LogP contribution < -0.4 is 9.47 Å². The largest absolute Gasteiger partial charge is 0.454 e. The summed E-state index contributed by atoms with van der Waals surface area (Å²) < 4.78 is 10.7. The van der Waals surface area contributed by atoms with Crippen molar-refractivity contribution < 1.29 is 9.47 Å². The molecule has 1 aromatic carbocycles. The Hall–Kier alpha value is -1.07. The van der Waals surface area contributed by atoms with Crippen molar-refractivity contribution in [1.82, 2.24) is 4.98 Å². The van der Waals surface area contributed by atoms with E-state index < -0.39 is 0 Å². The Kier molecular flexibility index (Phi) is 2.80. The normalized spacial score (nSPS) is 13.1. The lowest BCUT2D eigenvalue weighted by molar-refractivity contribution is 0.174. The molecule has 0 atom stereocenters. The van der Waals surface area contributed by atoms with Crippen LogP contribution in [0.15, 0.2) is 17.5 Å². The van der Waals surface area contributed by atoms with Crippen molar-refractivity contribution in [3.8, 4) is 22.8 Å². The van der Waals surface area contributed by atoms with Crippen LogP contribution in [0.2, 0.25) is 0 Å². The summed E-state index contributed by atoms with van der Waals surface area (Å²) in [5.41, 5.74) is 3.26. The number of rotatable bonds is 2. The van der Waals surface area contributed by atoms with Gasteiger partial charge in [-0.2, -0.15) is 0 Å². The number of benzene rings is 1. The van der Waals surface area contributed by atoms with Gasteiger partial charge in [0, 0.05) is 10.9 Å². The molecule has 0 N–H and O–H groups in total. The third-order valence-corrected chi connectivity index (χ3v) is 4.41. The Morgan fingerprint density at radius 3 is 2.82 bits per heavy atom. The van der Waals surface area contributed by atoms with E-state index in [2.05, 4.69) is 33.2 Å². The van der Waals surface area contributed by atoms with Gasteiger partial charge >= 0.3 is 0 Å². The molecule has 0 fully saturated rings. The summed E-state index contributed by atoms with van der Waals surface area (Å²) in [7, 11) is 0. The predicted molar refractivity (Wildman–Crippen MR) is 71.0 cm³/mol. The Balaban J connectivity index is 2.08. The van der Waals surface area contributed by atoms with Gasteiger partial charge in [0.15, 0.2) is 11.5 Å². The number of fused-ring (bicyclic) bond motifs is 1. The maximum absolute atomic E-state index is 5.39. The van der Waals surface area contributed by atoms with Gasteiger partial charge in [0.25, 0.3) is 0 Å². The molecule has 5 heteroatoms. The highest BCUT2D eigenvalue weighted by Gasteiger charge is 2.17. The van der Waals surface area contributed by atoms with Gasteiger partial charge in [-0.15, -0.1) is 11.3 Å². The topological polar surface area (TPSA) is 31.4 Å². The molecule has 0 unspecified atom stereocenters. The molecule has 0 spiro atoms. The summed E-state index contributed by atoms with van der Waals surface area (Å²) in [4.78, 5) is 4.56. The summed E-state index contributed by atoms with van der Waals surface area (Å²) in [6.07, 6.45) is 0. The molecule has 2 aromatic rings. The fraction of sp³-hybridized carbons (Fsp3) is 0.250. The van der Waals surface area contributed by atoms with Gasteiger partial charge in [-0.3, -0.25) is 0 Å². The van der Waals surface area contributed by atoms with Crippen molar-refractivity contribution in [2.75, 3.05) is 6.79 Å². The number of aryl methyl sites for hydroxylation is 1. The van der Waals surface area contributed by atoms with E-state index in [0.29, 0.717) is 6.79 Å². The maximum Gasteiger partial charge on any atom is 0.231 e. The van der Waals surface area contributed by atoms with E-state index in [1.807, 2.05) is 12.1 Å². The number of nitrogens with zero attached hydrogens (tertiary/aromatic N) is 1. The van der Waals surface area contributed by atoms with Gasteiger partial charge in [-0.05, 0) is 24.6 Å². The first-order chi connectivity index (χ1) is 8.28. The minimum atomic E-state index is 0.307. The van der Waals surface area contributed by atoms with Crippen molar-refractivity contribution >= 4 is 27.3 Å². The quantitative estimate of drug-likeness (QED) is 0.792. The summed E-state index contributed by atoms with van der Waals surface area (Å²) >= 11 is 5.07. The van der Waals surface area contributed by atoms with E-state index in [1.165, 1.54) is 0 Å². The van der Waals surface area contributed by atoms with Gasteiger partial charge < -0.3 is 9.47 Å². The fourth-order valence-electron chi connectivity index (χ4n) is 1.82. The lowest BCUT2D eigenvalue weighted by Crippen LogP contribution is -1.92. The fourth-order valence-corrected chi connectivity index (χ4v) is 2.98. The first kappa shape index (κ1) is 11.0. The number of thiazole rings is 1. The van der Waals surface area contributed by atoms with E-state index in [4.69, 9.17) is 9.47 Å². The van der Waals surface area contributed by atoms with Gasteiger partial charge in [0.2, 0.25) is 6.79 Å². The highest BCUT2D eigenvalue weighted by Crippen LogP contribution is 2.38. The molecule has 1 aliphatic rings. The van der Waals surface area contributed by atoms with Crippen molar-refractivity contribution in [1.29, 1.82) is 0 Å². The molecule has 2 heterocycles. The van der Waals surface area contributed by atoms with Gasteiger partial charge in [-0.25, -0.2) is 4.98 Å². The molecule has 0 radical (unpaired) electrons. The Morgan fingerprint density at radius 2 is 2.12 bits per heavy atom. The minimum Gasteiger partial charge on any atom is -0.454 e. The predicted octanol–water partition coefficient (Wildman–Crippen LogP) is 3.74. The number of aromatic nitrogens is 1. The average molecular weight is 312 g/mol. The molecule has 0 saturated carbocycles. The van der Waals surface area contributed by atoms with Crippen LogP contribution in [0.1, 0.15) is 10.6 Å². The molecule has 3 rings (SSSR count). The zero-order chi connectivity index (χ0) is 11.8. The monoisotopic (exact) mass is 311 g/mol. The van der Waals surface area contributed by atoms with E-state index in [0.717, 1.165) is 38.7 Å². The Labute approximate surface area is 112 Å². The van der Waals surface area contributed by atoms with Crippen LogP contribution in [0.4, 0.5) is 0 Å². The highest BCUT2D eigenvalue weighted by atomic mass is 79.9. The second kappa shape index (κ2) is 4.31. The first-order valence-corrected chi connectivity index (χ1v) is 7.19. The number of alkyl halides is 1. The van der Waals surface area contributed by atoms with E-state index in [9.17, 15) is 0 Å². The van der Waals surface area contributed by atoms with Crippen molar-refractivity contribution in [2.45, 2.75) is 12.3 Å². The number of hydrogen-bond donors (Lipinski definition) is 0. The summed E-state index contributed by atoms with van der Waals surface area (Å²) in [6.45, 7) is 2.37. The molecule has 0 bridgehead atoms. The van der Waals surface area contributed by atoms with Crippen molar-refractivity contribution in [2.24, 2.45) is 0 Å². The zero-order valence-electron chi connectivity index (χ0n) is 9.20. The lowest BCUT2D eigenvalue weighted by atomic mass is 10.1. The van der Waals surface area contributed by atoms with E-state index in [-0.39, 0.29) is 0 Å². The van der Waals surface area contributed by atoms with Gasteiger partial charge in [0.05, 0.1) is 11.0 Å². The van der Waals surface area contributed by atoms with Crippen molar-refractivity contribution in [3.05, 3.63) is 28.1 Å². The van der Waals surface area contributed by atoms with E-state index in [1.54, 1.807) is 11.3 Å². The SMILES string of the molecule is Cc1cc2c(cc1-c1csc(CBr)n1)OCO2. The number of ether oxygens (including phenoxy) is 2. The third kappa shape index (κ3) is 1.93. The molecule has 0 amide bonds. The van der Waals surface area contributed by atoms with Crippen LogP contribution in [0.5, 0.6) is 11.5 Å². The van der Waals surface area contributed by atoms with Crippen molar-refractivity contribution in [3.63, 3.8) is 0 Å². The molecule has 17 heavy (non-hydrogen) atoms. The number of hydrogen-bond acceptors (Lipinski definition) is 4. The van der Waals surface area contributed by atoms with E-state index >= 15 is 0 Å². The van der Waals surface area contributed by atoms with Crippen LogP contribution in [-0.2, 0) is 5.33 Å². The van der Waals surface area contributed by atoms with Crippen LogP contribution in [0.25, 0.3) is 11.3 Å². The molecule has 0 aliphatic carbocycles. The van der Waals surface area contributed by atoms with Crippen LogP contribution in [0, 0.1) is 6.92 Å². The average Bonchev–Trinajstić information content (AvgIpc) is 2.94. The lowest BCUT2D eigenvalue weighted by Gasteiger charge is -2.04. The summed E-state index contributed by atoms with van der Waals surface area (Å²) in [5.74, 6) is 1.63. The molecule has 3 nitrogen and oxygen atoms in total. The molecule has 1 aromatic heterocycles. The molecular formula is C12H10BrNO2S. The third-order valence-electron chi connectivity index (χ3n) is 2.66. The van der Waals surface area contributed by atoms with Crippen LogP contribution in [0.3, 0.4) is 0 Å². The minimum absolute atomic E-state index is 0.307. The Morgan fingerprint density at radius 1 is 1.35 bits per heavy atom. The van der Waals surface area contributed by atoms with Crippen LogP contribution >= 0.6 is 27.3 Å². The second-order valence-electron chi connectivity index (χ2n) is 3.78. The zero-order valence-corrected chi connectivity index (χ0v) is 11.6. The van der Waals surface area contributed by atoms with Gasteiger partial charge in [-0.1, -0.05) is 15.9 Å². The maximum atomic E-state index is 5.39. The smallest absolute Gasteiger partial charge is 0.231 e. The molecule has 0 saturated heterocycles. The van der Waals surface area contributed by atoms with Gasteiger partial charge in [0.1, 0.15) is 5.01 Å². The Bertz CT molecular complexity index is 568.